The van der Waals surface area contributed by atoms with Crippen LogP contribution in [0.25, 0.3) is 10.2 Å². The summed E-state index contributed by atoms with van der Waals surface area (Å²) in [5, 5.41) is 4.07. The number of nitrogens with one attached hydrogen (secondary N) is 1. The van der Waals surface area contributed by atoms with E-state index >= 15 is 0 Å². The Balaban J connectivity index is 1.66. The second kappa shape index (κ2) is 7.38. The Labute approximate surface area is 147 Å². The summed E-state index contributed by atoms with van der Waals surface area (Å²) in [6.45, 7) is 8.43. The monoisotopic (exact) mass is 347 g/mol. The van der Waals surface area contributed by atoms with Gasteiger partial charge in [-0.25, -0.2) is 4.98 Å². The van der Waals surface area contributed by atoms with Gasteiger partial charge in [0.2, 0.25) is 5.91 Å². The number of anilines is 1. The fourth-order valence-corrected chi connectivity index (χ4v) is 4.07. The van der Waals surface area contributed by atoms with Gasteiger partial charge >= 0.3 is 0 Å². The third-order valence-electron chi connectivity index (χ3n) is 4.23. The summed E-state index contributed by atoms with van der Waals surface area (Å²) >= 11 is 1.70. The van der Waals surface area contributed by atoms with E-state index < -0.39 is 0 Å². The maximum atomic E-state index is 12.1. The number of aromatic nitrogens is 1. The van der Waals surface area contributed by atoms with Crippen molar-refractivity contribution in [3.63, 3.8) is 0 Å². The van der Waals surface area contributed by atoms with Gasteiger partial charge < -0.3 is 15.0 Å². The van der Waals surface area contributed by atoms with E-state index in [9.17, 15) is 4.79 Å². The number of nitrogens with zero attached hydrogens (tertiary/aromatic N) is 2. The lowest BCUT2D eigenvalue weighted by molar-refractivity contribution is -0.126. The van der Waals surface area contributed by atoms with Crippen LogP contribution < -0.4 is 15.0 Å². The number of hydrogen-bond donors (Lipinski definition) is 1. The van der Waals surface area contributed by atoms with Crippen LogP contribution in [-0.4, -0.2) is 36.6 Å². The molecule has 1 aliphatic heterocycles. The molecule has 1 N–H and O–H groups in total. The van der Waals surface area contributed by atoms with Crippen LogP contribution >= 0.6 is 11.3 Å². The smallest absolute Gasteiger partial charge is 0.223 e. The summed E-state index contributed by atoms with van der Waals surface area (Å²) in [5.41, 5.74) is 1.01. The topological polar surface area (TPSA) is 54.5 Å². The number of piperidine rings is 1. The summed E-state index contributed by atoms with van der Waals surface area (Å²) in [4.78, 5) is 19.2. The van der Waals surface area contributed by atoms with E-state index in [1.807, 2.05) is 32.9 Å². The third kappa shape index (κ3) is 3.80. The van der Waals surface area contributed by atoms with Gasteiger partial charge in [-0.1, -0.05) is 11.3 Å². The van der Waals surface area contributed by atoms with Gasteiger partial charge in [0.25, 0.3) is 0 Å². The van der Waals surface area contributed by atoms with Gasteiger partial charge in [-0.2, -0.15) is 0 Å². The van der Waals surface area contributed by atoms with Crippen molar-refractivity contribution in [1.82, 2.24) is 10.3 Å². The van der Waals surface area contributed by atoms with E-state index in [-0.39, 0.29) is 17.9 Å². The van der Waals surface area contributed by atoms with Gasteiger partial charge in [0.15, 0.2) is 5.13 Å². The quantitative estimate of drug-likeness (QED) is 0.900. The molecule has 0 unspecified atom stereocenters. The van der Waals surface area contributed by atoms with Crippen molar-refractivity contribution in [2.75, 3.05) is 24.6 Å². The number of benzene rings is 1. The highest BCUT2D eigenvalue weighted by molar-refractivity contribution is 7.22. The van der Waals surface area contributed by atoms with Gasteiger partial charge in [-0.3, -0.25) is 4.79 Å². The molecule has 3 rings (SSSR count). The molecule has 1 fully saturated rings. The van der Waals surface area contributed by atoms with E-state index in [0.29, 0.717) is 6.61 Å². The first-order chi connectivity index (χ1) is 11.6. The Bertz CT molecular complexity index is 705. The average molecular weight is 347 g/mol. The number of fused-ring (bicyclic) bond motifs is 1. The van der Waals surface area contributed by atoms with Crippen LogP contribution in [0.5, 0.6) is 5.75 Å². The zero-order valence-corrected chi connectivity index (χ0v) is 15.4. The standard InChI is InChI=1S/C18H25N3O2S/c1-4-23-14-5-6-15-16(11-14)24-18(20-15)21-9-7-13(8-10-21)17(22)19-12(2)3/h5-6,11-13H,4,7-10H2,1-3H3,(H,19,22). The molecule has 1 saturated heterocycles. The molecule has 6 heteroatoms. The molecule has 0 atom stereocenters. The van der Waals surface area contributed by atoms with E-state index in [1.54, 1.807) is 11.3 Å². The van der Waals surface area contributed by atoms with Crippen LogP contribution in [-0.2, 0) is 4.79 Å². The number of ether oxygens (including phenoxy) is 1. The molecule has 0 aliphatic carbocycles. The highest BCUT2D eigenvalue weighted by Crippen LogP contribution is 2.33. The summed E-state index contributed by atoms with van der Waals surface area (Å²) < 4.78 is 6.71. The number of rotatable bonds is 5. The minimum atomic E-state index is 0.127. The van der Waals surface area contributed by atoms with Crippen LogP contribution in [0.15, 0.2) is 18.2 Å². The number of carbonyl (C=O) groups is 1. The normalized spacial score (nSPS) is 15.9. The summed E-state index contributed by atoms with van der Waals surface area (Å²) in [7, 11) is 0. The molecule has 0 bridgehead atoms. The SMILES string of the molecule is CCOc1ccc2nc(N3CCC(C(=O)NC(C)C)CC3)sc2c1. The maximum absolute atomic E-state index is 12.1. The first-order valence-corrected chi connectivity index (χ1v) is 9.47. The predicted octanol–water partition coefficient (Wildman–Crippen LogP) is 3.44. The lowest BCUT2D eigenvalue weighted by Gasteiger charge is -2.31. The van der Waals surface area contributed by atoms with Gasteiger partial charge in [-0.15, -0.1) is 0 Å². The summed E-state index contributed by atoms with van der Waals surface area (Å²) in [6, 6.07) is 6.25. The summed E-state index contributed by atoms with van der Waals surface area (Å²) in [6.07, 6.45) is 1.78. The van der Waals surface area contributed by atoms with Crippen LogP contribution in [0.4, 0.5) is 5.13 Å². The maximum Gasteiger partial charge on any atom is 0.223 e. The molecule has 1 aromatic carbocycles. The van der Waals surface area contributed by atoms with Crippen molar-refractivity contribution in [1.29, 1.82) is 0 Å². The molecule has 1 aromatic heterocycles. The molecule has 130 valence electrons. The van der Waals surface area contributed by atoms with Gasteiger partial charge in [0, 0.05) is 25.0 Å². The number of amides is 1. The third-order valence-corrected chi connectivity index (χ3v) is 5.31. The predicted molar refractivity (Wildman–Crippen MR) is 99.0 cm³/mol. The Kier molecular flexibility index (Phi) is 5.23. The van der Waals surface area contributed by atoms with Crippen molar-refractivity contribution in [3.8, 4) is 5.75 Å². The Morgan fingerprint density at radius 1 is 1.42 bits per heavy atom. The van der Waals surface area contributed by atoms with Crippen molar-refractivity contribution in [2.45, 2.75) is 39.7 Å². The van der Waals surface area contributed by atoms with Crippen LogP contribution in [0.2, 0.25) is 0 Å². The molecule has 0 saturated carbocycles. The van der Waals surface area contributed by atoms with E-state index in [4.69, 9.17) is 9.72 Å². The van der Waals surface area contributed by atoms with Crippen molar-refractivity contribution >= 4 is 32.6 Å². The number of carbonyl (C=O) groups excluding carboxylic acids is 1. The fraction of sp³-hybridized carbons (Fsp3) is 0.556. The highest BCUT2D eigenvalue weighted by Gasteiger charge is 2.26. The van der Waals surface area contributed by atoms with Crippen molar-refractivity contribution in [3.05, 3.63) is 18.2 Å². The van der Waals surface area contributed by atoms with E-state index in [0.717, 1.165) is 47.0 Å². The molecule has 5 nitrogen and oxygen atoms in total. The molecule has 24 heavy (non-hydrogen) atoms. The fourth-order valence-electron chi connectivity index (χ4n) is 3.02. The first kappa shape index (κ1) is 17.0. The highest BCUT2D eigenvalue weighted by atomic mass is 32.1. The zero-order valence-electron chi connectivity index (χ0n) is 14.5. The number of thiazole rings is 1. The van der Waals surface area contributed by atoms with E-state index in [1.165, 1.54) is 0 Å². The first-order valence-electron chi connectivity index (χ1n) is 8.65. The second-order valence-electron chi connectivity index (χ2n) is 6.48. The average Bonchev–Trinajstić information content (AvgIpc) is 2.98. The lowest BCUT2D eigenvalue weighted by Crippen LogP contribution is -2.42. The summed E-state index contributed by atoms with van der Waals surface area (Å²) in [5.74, 6) is 1.21. The Hall–Kier alpha value is -1.82. The van der Waals surface area contributed by atoms with Crippen molar-refractivity contribution < 1.29 is 9.53 Å². The van der Waals surface area contributed by atoms with Crippen LogP contribution in [0, 0.1) is 5.92 Å². The zero-order chi connectivity index (χ0) is 17.1. The van der Waals surface area contributed by atoms with Crippen molar-refractivity contribution in [2.24, 2.45) is 5.92 Å². The number of hydrogen-bond acceptors (Lipinski definition) is 5. The molecule has 1 aliphatic rings. The lowest BCUT2D eigenvalue weighted by atomic mass is 9.96. The molecule has 2 aromatic rings. The second-order valence-corrected chi connectivity index (χ2v) is 7.49. The van der Waals surface area contributed by atoms with E-state index in [2.05, 4.69) is 16.3 Å². The van der Waals surface area contributed by atoms with Gasteiger partial charge in [0.05, 0.1) is 16.8 Å². The van der Waals surface area contributed by atoms with Crippen LogP contribution in [0.1, 0.15) is 33.6 Å². The largest absolute Gasteiger partial charge is 0.494 e. The molecular formula is C18H25N3O2S. The van der Waals surface area contributed by atoms with Crippen LogP contribution in [0.3, 0.4) is 0 Å². The molecular weight excluding hydrogens is 322 g/mol. The minimum absolute atomic E-state index is 0.127. The molecule has 1 amide bonds. The van der Waals surface area contributed by atoms with Gasteiger partial charge in [0.1, 0.15) is 5.75 Å². The molecule has 0 spiro atoms. The molecule has 2 heterocycles. The minimum Gasteiger partial charge on any atom is -0.494 e. The Morgan fingerprint density at radius 3 is 2.83 bits per heavy atom. The van der Waals surface area contributed by atoms with Gasteiger partial charge in [-0.05, 0) is 51.8 Å². The Morgan fingerprint density at radius 2 is 2.17 bits per heavy atom. The molecule has 0 radical (unpaired) electrons.